The number of hydrogen-bond donors (Lipinski definition) is 1. The van der Waals surface area contributed by atoms with Crippen molar-refractivity contribution in [1.82, 2.24) is 0 Å². The first-order valence-corrected chi connectivity index (χ1v) is 7.27. The highest BCUT2D eigenvalue weighted by Gasteiger charge is 2.18. The molecule has 0 bridgehead atoms. The van der Waals surface area contributed by atoms with Crippen LogP contribution in [-0.2, 0) is 4.74 Å². The standard InChI is InChI=1S/C17H13NO2S/c1-20-17(19)15-9-12(10-18)21-16(15)14-8-4-6-11-5-2-3-7-13(11)14/h2-10,18H,1H3. The summed E-state index contributed by atoms with van der Waals surface area (Å²) in [6, 6.07) is 15.8. The average Bonchev–Trinajstić information content (AvgIpc) is 2.97. The Bertz CT molecular complexity index is 830. The number of benzene rings is 2. The zero-order chi connectivity index (χ0) is 14.8. The molecule has 0 saturated heterocycles. The molecule has 0 atom stereocenters. The number of nitrogens with one attached hydrogen (secondary N) is 1. The molecular formula is C17H13NO2S. The number of carbonyl (C=O) groups excluding carboxylic acids is 1. The maximum absolute atomic E-state index is 12.0. The van der Waals surface area contributed by atoms with Gasteiger partial charge in [-0.1, -0.05) is 42.5 Å². The summed E-state index contributed by atoms with van der Waals surface area (Å²) < 4.78 is 4.86. The molecular weight excluding hydrogens is 282 g/mol. The van der Waals surface area contributed by atoms with E-state index in [1.807, 2.05) is 42.5 Å². The monoisotopic (exact) mass is 295 g/mol. The second-order valence-electron chi connectivity index (χ2n) is 4.55. The van der Waals surface area contributed by atoms with Gasteiger partial charge in [-0.3, -0.25) is 0 Å². The molecule has 0 amide bonds. The van der Waals surface area contributed by atoms with Crippen LogP contribution >= 0.6 is 11.3 Å². The number of carbonyl (C=O) groups is 1. The van der Waals surface area contributed by atoms with Gasteiger partial charge in [-0.15, -0.1) is 11.3 Å². The van der Waals surface area contributed by atoms with Crippen LogP contribution < -0.4 is 0 Å². The number of thiophene rings is 1. The molecule has 0 aliphatic carbocycles. The Morgan fingerprint density at radius 2 is 1.95 bits per heavy atom. The quantitative estimate of drug-likeness (QED) is 0.577. The second kappa shape index (κ2) is 5.50. The van der Waals surface area contributed by atoms with Gasteiger partial charge in [-0.2, -0.15) is 0 Å². The number of fused-ring (bicyclic) bond motifs is 1. The molecule has 21 heavy (non-hydrogen) atoms. The fraction of sp³-hybridized carbons (Fsp3) is 0.0588. The van der Waals surface area contributed by atoms with Crippen LogP contribution in [0.1, 0.15) is 15.2 Å². The van der Waals surface area contributed by atoms with Crippen LogP contribution in [0.3, 0.4) is 0 Å². The summed E-state index contributed by atoms with van der Waals surface area (Å²) in [6.45, 7) is 0. The average molecular weight is 295 g/mol. The Morgan fingerprint density at radius 1 is 1.19 bits per heavy atom. The summed E-state index contributed by atoms with van der Waals surface area (Å²) in [4.78, 5) is 13.6. The molecule has 0 spiro atoms. The maximum Gasteiger partial charge on any atom is 0.339 e. The zero-order valence-electron chi connectivity index (χ0n) is 11.4. The molecule has 0 radical (unpaired) electrons. The van der Waals surface area contributed by atoms with Crippen molar-refractivity contribution in [2.24, 2.45) is 0 Å². The summed E-state index contributed by atoms with van der Waals surface area (Å²) in [7, 11) is 1.37. The van der Waals surface area contributed by atoms with Crippen molar-refractivity contribution in [3.8, 4) is 10.4 Å². The van der Waals surface area contributed by atoms with E-state index in [2.05, 4.69) is 0 Å². The molecule has 0 fully saturated rings. The largest absolute Gasteiger partial charge is 0.465 e. The molecule has 0 aliphatic heterocycles. The van der Waals surface area contributed by atoms with E-state index in [1.54, 1.807) is 6.07 Å². The van der Waals surface area contributed by atoms with Crippen molar-refractivity contribution in [3.05, 3.63) is 59.0 Å². The van der Waals surface area contributed by atoms with Gasteiger partial charge in [0.15, 0.2) is 0 Å². The van der Waals surface area contributed by atoms with E-state index in [0.29, 0.717) is 5.56 Å². The van der Waals surface area contributed by atoms with Crippen molar-refractivity contribution in [1.29, 1.82) is 5.41 Å². The number of rotatable bonds is 3. The van der Waals surface area contributed by atoms with E-state index < -0.39 is 0 Å². The first-order chi connectivity index (χ1) is 10.2. The van der Waals surface area contributed by atoms with Gasteiger partial charge in [0, 0.05) is 16.7 Å². The van der Waals surface area contributed by atoms with Crippen molar-refractivity contribution < 1.29 is 9.53 Å². The van der Waals surface area contributed by atoms with Gasteiger partial charge in [-0.25, -0.2) is 4.79 Å². The molecule has 3 rings (SSSR count). The molecule has 2 aromatic carbocycles. The Morgan fingerprint density at radius 3 is 2.71 bits per heavy atom. The van der Waals surface area contributed by atoms with E-state index in [0.717, 1.165) is 26.1 Å². The van der Waals surface area contributed by atoms with Gasteiger partial charge in [0.1, 0.15) is 0 Å². The van der Waals surface area contributed by atoms with Crippen LogP contribution in [0.4, 0.5) is 0 Å². The van der Waals surface area contributed by atoms with E-state index in [-0.39, 0.29) is 5.97 Å². The maximum atomic E-state index is 12.0. The first-order valence-electron chi connectivity index (χ1n) is 6.45. The van der Waals surface area contributed by atoms with Gasteiger partial charge in [0.25, 0.3) is 0 Å². The van der Waals surface area contributed by atoms with Crippen molar-refractivity contribution >= 4 is 34.3 Å². The van der Waals surface area contributed by atoms with Gasteiger partial charge in [0.2, 0.25) is 0 Å². The van der Waals surface area contributed by atoms with Crippen LogP contribution in [0.5, 0.6) is 0 Å². The van der Waals surface area contributed by atoms with E-state index in [1.165, 1.54) is 24.7 Å². The molecule has 1 heterocycles. The zero-order valence-corrected chi connectivity index (χ0v) is 12.2. The lowest BCUT2D eigenvalue weighted by Gasteiger charge is -2.06. The summed E-state index contributed by atoms with van der Waals surface area (Å²) in [5.41, 5.74) is 1.50. The third kappa shape index (κ3) is 2.34. The summed E-state index contributed by atoms with van der Waals surface area (Å²) >= 11 is 1.43. The van der Waals surface area contributed by atoms with E-state index >= 15 is 0 Å². The number of hydrogen-bond acceptors (Lipinski definition) is 4. The molecule has 4 heteroatoms. The minimum Gasteiger partial charge on any atom is -0.465 e. The number of methoxy groups -OCH3 is 1. The smallest absolute Gasteiger partial charge is 0.339 e. The lowest BCUT2D eigenvalue weighted by atomic mass is 10.0. The van der Waals surface area contributed by atoms with Gasteiger partial charge >= 0.3 is 5.97 Å². The number of esters is 1. The Labute approximate surface area is 126 Å². The van der Waals surface area contributed by atoms with Crippen molar-refractivity contribution in [2.75, 3.05) is 7.11 Å². The SMILES string of the molecule is COC(=O)c1cc(C=N)sc1-c1cccc2ccccc12. The third-order valence-corrected chi connectivity index (χ3v) is 4.45. The van der Waals surface area contributed by atoms with Crippen LogP contribution in [0.15, 0.2) is 48.5 Å². The molecule has 1 N–H and O–H groups in total. The Kier molecular flexibility index (Phi) is 3.54. The molecule has 3 aromatic rings. The highest BCUT2D eigenvalue weighted by Crippen LogP contribution is 2.36. The molecule has 1 aromatic heterocycles. The highest BCUT2D eigenvalue weighted by molar-refractivity contribution is 7.17. The predicted octanol–water partition coefficient (Wildman–Crippen LogP) is 4.35. The van der Waals surface area contributed by atoms with Gasteiger partial charge in [0.05, 0.1) is 17.6 Å². The van der Waals surface area contributed by atoms with E-state index in [9.17, 15) is 4.79 Å². The van der Waals surface area contributed by atoms with Gasteiger partial charge in [-0.05, 0) is 16.8 Å². The Hall–Kier alpha value is -2.46. The van der Waals surface area contributed by atoms with E-state index in [4.69, 9.17) is 10.1 Å². The molecule has 0 saturated carbocycles. The molecule has 104 valence electrons. The van der Waals surface area contributed by atoms with Crippen LogP contribution in [0.25, 0.3) is 21.2 Å². The second-order valence-corrected chi connectivity index (χ2v) is 5.64. The molecule has 3 nitrogen and oxygen atoms in total. The minimum atomic E-state index is -0.373. The number of ether oxygens (including phenoxy) is 1. The Balaban J connectivity index is 2.30. The highest BCUT2D eigenvalue weighted by atomic mass is 32.1. The summed E-state index contributed by atoms with van der Waals surface area (Å²) in [5, 5.41) is 9.62. The van der Waals surface area contributed by atoms with Crippen LogP contribution in [0, 0.1) is 5.41 Å². The topological polar surface area (TPSA) is 50.2 Å². The third-order valence-electron chi connectivity index (χ3n) is 3.33. The predicted molar refractivity (Wildman–Crippen MR) is 86.5 cm³/mol. The lowest BCUT2D eigenvalue weighted by molar-refractivity contribution is 0.0602. The minimum absolute atomic E-state index is 0.373. The van der Waals surface area contributed by atoms with Crippen molar-refractivity contribution in [2.45, 2.75) is 0 Å². The van der Waals surface area contributed by atoms with Crippen LogP contribution in [-0.4, -0.2) is 19.3 Å². The van der Waals surface area contributed by atoms with Crippen molar-refractivity contribution in [3.63, 3.8) is 0 Å². The summed E-state index contributed by atoms with van der Waals surface area (Å²) in [5.74, 6) is -0.373. The van der Waals surface area contributed by atoms with Crippen LogP contribution in [0.2, 0.25) is 0 Å². The molecule has 0 unspecified atom stereocenters. The fourth-order valence-electron chi connectivity index (χ4n) is 2.37. The summed E-state index contributed by atoms with van der Waals surface area (Å²) in [6.07, 6.45) is 1.26. The first kappa shape index (κ1) is 13.5. The molecule has 0 aliphatic rings. The normalized spacial score (nSPS) is 10.5. The van der Waals surface area contributed by atoms with Gasteiger partial charge < -0.3 is 10.1 Å². The lowest BCUT2D eigenvalue weighted by Crippen LogP contribution is -2.00. The fourth-order valence-corrected chi connectivity index (χ4v) is 3.38.